The number of hydrogen-bond acceptors (Lipinski definition) is 3. The van der Waals surface area contributed by atoms with Crippen LogP contribution in [0.4, 0.5) is 0 Å². The molecule has 2 heterocycles. The molecule has 2 aromatic heterocycles. The Bertz CT molecular complexity index is 450. The summed E-state index contributed by atoms with van der Waals surface area (Å²) in [6, 6.07) is 3.84. The number of aromatic nitrogens is 2. The number of aryl methyl sites for hydroxylation is 1. The SMILES string of the molecule is Cc1ccnc2[nH]c(C(O)CN)cc12. The van der Waals surface area contributed by atoms with Crippen molar-refractivity contribution in [2.75, 3.05) is 6.54 Å². The van der Waals surface area contributed by atoms with E-state index in [0.29, 0.717) is 0 Å². The summed E-state index contributed by atoms with van der Waals surface area (Å²) in [4.78, 5) is 7.22. The first-order valence-corrected chi connectivity index (χ1v) is 4.54. The van der Waals surface area contributed by atoms with E-state index in [1.807, 2.05) is 19.1 Å². The lowest BCUT2D eigenvalue weighted by atomic mass is 10.2. The van der Waals surface area contributed by atoms with Crippen LogP contribution in [0.2, 0.25) is 0 Å². The number of hydrogen-bond donors (Lipinski definition) is 3. The van der Waals surface area contributed by atoms with E-state index in [2.05, 4.69) is 9.97 Å². The highest BCUT2D eigenvalue weighted by molar-refractivity contribution is 5.80. The summed E-state index contributed by atoms with van der Waals surface area (Å²) in [6.07, 6.45) is 1.11. The highest BCUT2D eigenvalue weighted by atomic mass is 16.3. The van der Waals surface area contributed by atoms with Gasteiger partial charge in [-0.15, -0.1) is 0 Å². The Balaban J connectivity index is 2.56. The summed E-state index contributed by atoms with van der Waals surface area (Å²) >= 11 is 0. The lowest BCUT2D eigenvalue weighted by molar-refractivity contribution is 0.183. The minimum absolute atomic E-state index is 0.214. The second-order valence-electron chi connectivity index (χ2n) is 3.37. The van der Waals surface area contributed by atoms with Crippen molar-refractivity contribution in [3.05, 3.63) is 29.6 Å². The van der Waals surface area contributed by atoms with Gasteiger partial charge in [-0.3, -0.25) is 0 Å². The molecule has 1 atom stereocenters. The first-order chi connectivity index (χ1) is 6.72. The normalized spacial score (nSPS) is 13.4. The number of rotatable bonds is 2. The Morgan fingerprint density at radius 3 is 3.07 bits per heavy atom. The monoisotopic (exact) mass is 191 g/mol. The third-order valence-corrected chi connectivity index (χ3v) is 2.35. The molecule has 0 saturated heterocycles. The number of aliphatic hydroxyl groups is 1. The van der Waals surface area contributed by atoms with E-state index < -0.39 is 6.10 Å². The third kappa shape index (κ3) is 1.38. The molecule has 0 bridgehead atoms. The van der Waals surface area contributed by atoms with Crippen LogP contribution in [-0.2, 0) is 0 Å². The zero-order valence-electron chi connectivity index (χ0n) is 7.99. The molecule has 0 aromatic carbocycles. The topological polar surface area (TPSA) is 74.9 Å². The summed E-state index contributed by atoms with van der Waals surface area (Å²) in [5, 5.41) is 10.6. The predicted molar refractivity (Wildman–Crippen MR) is 54.8 cm³/mol. The summed E-state index contributed by atoms with van der Waals surface area (Å²) in [5.41, 5.74) is 8.04. The Labute approximate surface area is 81.8 Å². The Morgan fingerprint density at radius 2 is 2.43 bits per heavy atom. The van der Waals surface area contributed by atoms with Gasteiger partial charge in [-0.05, 0) is 24.6 Å². The van der Waals surface area contributed by atoms with Crippen molar-refractivity contribution in [2.24, 2.45) is 5.73 Å². The molecule has 4 nitrogen and oxygen atoms in total. The Morgan fingerprint density at radius 1 is 1.64 bits per heavy atom. The number of nitrogens with zero attached hydrogens (tertiary/aromatic N) is 1. The van der Waals surface area contributed by atoms with E-state index in [1.165, 1.54) is 0 Å². The molecule has 0 aliphatic rings. The number of aromatic amines is 1. The van der Waals surface area contributed by atoms with Gasteiger partial charge in [0.05, 0.1) is 0 Å². The summed E-state index contributed by atoms with van der Waals surface area (Å²) in [7, 11) is 0. The molecule has 0 fully saturated rings. The van der Waals surface area contributed by atoms with Gasteiger partial charge < -0.3 is 15.8 Å². The highest BCUT2D eigenvalue weighted by Gasteiger charge is 2.09. The van der Waals surface area contributed by atoms with Gasteiger partial charge in [0.1, 0.15) is 11.8 Å². The third-order valence-electron chi connectivity index (χ3n) is 2.35. The van der Waals surface area contributed by atoms with Crippen LogP contribution in [0.25, 0.3) is 11.0 Å². The summed E-state index contributed by atoms with van der Waals surface area (Å²) < 4.78 is 0. The first-order valence-electron chi connectivity index (χ1n) is 4.54. The zero-order valence-corrected chi connectivity index (χ0v) is 7.99. The van der Waals surface area contributed by atoms with E-state index >= 15 is 0 Å². The Kier molecular flexibility index (Phi) is 2.23. The van der Waals surface area contributed by atoms with Crippen molar-refractivity contribution in [3.63, 3.8) is 0 Å². The van der Waals surface area contributed by atoms with Crippen LogP contribution in [-0.4, -0.2) is 21.6 Å². The minimum atomic E-state index is -0.636. The van der Waals surface area contributed by atoms with Gasteiger partial charge in [-0.25, -0.2) is 4.98 Å². The van der Waals surface area contributed by atoms with Crippen molar-refractivity contribution in [3.8, 4) is 0 Å². The number of fused-ring (bicyclic) bond motifs is 1. The van der Waals surface area contributed by atoms with E-state index in [9.17, 15) is 5.11 Å². The largest absolute Gasteiger partial charge is 0.386 e. The Hall–Kier alpha value is -1.39. The number of pyridine rings is 1. The van der Waals surface area contributed by atoms with Crippen LogP contribution in [0, 0.1) is 6.92 Å². The lowest BCUT2D eigenvalue weighted by Gasteiger charge is -2.02. The smallest absolute Gasteiger partial charge is 0.137 e. The van der Waals surface area contributed by atoms with E-state index in [4.69, 9.17) is 5.73 Å². The molecule has 4 heteroatoms. The van der Waals surface area contributed by atoms with Crippen LogP contribution >= 0.6 is 0 Å². The van der Waals surface area contributed by atoms with Crippen LogP contribution in [0.15, 0.2) is 18.3 Å². The molecular weight excluding hydrogens is 178 g/mol. The van der Waals surface area contributed by atoms with Crippen molar-refractivity contribution < 1.29 is 5.11 Å². The van der Waals surface area contributed by atoms with Gasteiger partial charge >= 0.3 is 0 Å². The number of aliphatic hydroxyl groups excluding tert-OH is 1. The van der Waals surface area contributed by atoms with E-state index in [1.54, 1.807) is 6.20 Å². The van der Waals surface area contributed by atoms with Crippen LogP contribution in [0.5, 0.6) is 0 Å². The zero-order chi connectivity index (χ0) is 10.1. The average molecular weight is 191 g/mol. The van der Waals surface area contributed by atoms with Crippen molar-refractivity contribution >= 4 is 11.0 Å². The molecule has 4 N–H and O–H groups in total. The maximum atomic E-state index is 9.54. The first kappa shape index (κ1) is 9.18. The van der Waals surface area contributed by atoms with E-state index in [-0.39, 0.29) is 6.54 Å². The lowest BCUT2D eigenvalue weighted by Crippen LogP contribution is -2.11. The van der Waals surface area contributed by atoms with Gasteiger partial charge in [0.2, 0.25) is 0 Å². The fraction of sp³-hybridized carbons (Fsp3) is 0.300. The molecule has 0 aliphatic carbocycles. The fourth-order valence-electron chi connectivity index (χ4n) is 1.49. The van der Waals surface area contributed by atoms with Gasteiger partial charge in [0, 0.05) is 23.8 Å². The van der Waals surface area contributed by atoms with E-state index in [0.717, 1.165) is 22.3 Å². The van der Waals surface area contributed by atoms with Crippen LogP contribution in [0.1, 0.15) is 17.4 Å². The molecule has 0 aliphatic heterocycles. The van der Waals surface area contributed by atoms with Crippen molar-refractivity contribution in [1.29, 1.82) is 0 Å². The molecule has 2 aromatic rings. The van der Waals surface area contributed by atoms with Gasteiger partial charge in [0.15, 0.2) is 0 Å². The summed E-state index contributed by atoms with van der Waals surface area (Å²) in [5.74, 6) is 0. The molecule has 2 rings (SSSR count). The second-order valence-corrected chi connectivity index (χ2v) is 3.37. The van der Waals surface area contributed by atoms with Gasteiger partial charge in [-0.2, -0.15) is 0 Å². The number of nitrogens with two attached hydrogens (primary N) is 1. The van der Waals surface area contributed by atoms with Crippen LogP contribution in [0.3, 0.4) is 0 Å². The molecule has 0 amide bonds. The molecule has 1 unspecified atom stereocenters. The number of H-pyrrole nitrogens is 1. The maximum absolute atomic E-state index is 9.54. The van der Waals surface area contributed by atoms with Gasteiger partial charge in [-0.1, -0.05) is 0 Å². The maximum Gasteiger partial charge on any atom is 0.137 e. The van der Waals surface area contributed by atoms with Crippen molar-refractivity contribution in [1.82, 2.24) is 9.97 Å². The van der Waals surface area contributed by atoms with Crippen LogP contribution < -0.4 is 5.73 Å². The standard InChI is InChI=1S/C10H13N3O/c1-6-2-3-12-10-7(6)4-8(13-10)9(14)5-11/h2-4,9,14H,5,11H2,1H3,(H,12,13). The molecule has 74 valence electrons. The predicted octanol–water partition coefficient (Wildman–Crippen LogP) is 0.863. The number of nitrogens with one attached hydrogen (secondary N) is 1. The minimum Gasteiger partial charge on any atom is -0.386 e. The fourth-order valence-corrected chi connectivity index (χ4v) is 1.49. The molecule has 14 heavy (non-hydrogen) atoms. The molecule has 0 spiro atoms. The summed E-state index contributed by atoms with van der Waals surface area (Å²) in [6.45, 7) is 2.22. The van der Waals surface area contributed by atoms with Crippen molar-refractivity contribution in [2.45, 2.75) is 13.0 Å². The molecule has 0 saturated carbocycles. The average Bonchev–Trinajstić information content (AvgIpc) is 2.62. The second kappa shape index (κ2) is 3.40. The molecule has 0 radical (unpaired) electrons. The highest BCUT2D eigenvalue weighted by Crippen LogP contribution is 2.20. The molecular formula is C10H13N3O. The van der Waals surface area contributed by atoms with Gasteiger partial charge in [0.25, 0.3) is 0 Å². The quantitative estimate of drug-likeness (QED) is 0.659.